The molecule has 0 saturated heterocycles. The molecule has 0 aliphatic rings. The molecule has 0 amide bonds. The van der Waals surface area contributed by atoms with E-state index in [1.165, 1.54) is 19.1 Å². The number of esters is 1. The van der Waals surface area contributed by atoms with E-state index in [0.29, 0.717) is 17.2 Å². The molecule has 0 aromatic heterocycles. The second-order valence-corrected chi connectivity index (χ2v) is 4.76. The molecule has 0 bridgehead atoms. The number of carbonyl (C=O) groups excluding carboxylic acids is 1. The Morgan fingerprint density at radius 1 is 1.00 bits per heavy atom. The van der Waals surface area contributed by atoms with E-state index in [1.54, 1.807) is 36.4 Å². The molecule has 2 aromatic carbocycles. The summed E-state index contributed by atoms with van der Waals surface area (Å²) in [6, 6.07) is 12.8. The van der Waals surface area contributed by atoms with Crippen LogP contribution in [0, 0.1) is 5.82 Å². The van der Waals surface area contributed by atoms with Crippen molar-refractivity contribution in [1.82, 2.24) is 0 Å². The van der Waals surface area contributed by atoms with Crippen molar-refractivity contribution in [3.63, 3.8) is 0 Å². The van der Waals surface area contributed by atoms with E-state index < -0.39 is 0 Å². The number of hydrogen-bond acceptors (Lipinski definition) is 4. The summed E-state index contributed by atoms with van der Waals surface area (Å²) in [6.45, 7) is 3.36. The van der Waals surface area contributed by atoms with E-state index in [0.717, 1.165) is 0 Å². The maximum Gasteiger partial charge on any atom is 0.302 e. The Bertz CT molecular complexity index is 608. The van der Waals surface area contributed by atoms with Gasteiger partial charge in [-0.2, -0.15) is 0 Å². The van der Waals surface area contributed by atoms with Crippen LogP contribution in [0.1, 0.15) is 13.8 Å². The zero-order chi connectivity index (χ0) is 15.9. The molecule has 0 heterocycles. The second-order valence-electron chi connectivity index (χ2n) is 4.76. The average Bonchev–Trinajstić information content (AvgIpc) is 2.49. The van der Waals surface area contributed by atoms with E-state index in [4.69, 9.17) is 14.2 Å². The highest BCUT2D eigenvalue weighted by molar-refractivity contribution is 5.65. The molecule has 2 rings (SSSR count). The van der Waals surface area contributed by atoms with Gasteiger partial charge in [0.15, 0.2) is 0 Å². The van der Waals surface area contributed by atoms with Gasteiger partial charge in [-0.25, -0.2) is 4.39 Å². The smallest absolute Gasteiger partial charge is 0.302 e. The van der Waals surface area contributed by atoms with Gasteiger partial charge in [0.2, 0.25) is 0 Å². The highest BCUT2D eigenvalue weighted by Crippen LogP contribution is 2.24. The van der Waals surface area contributed by atoms with Crippen molar-refractivity contribution in [2.24, 2.45) is 0 Å². The van der Waals surface area contributed by atoms with Gasteiger partial charge in [-0.05, 0) is 55.5 Å². The molecule has 2 aromatic rings. The van der Waals surface area contributed by atoms with Crippen LogP contribution in [0.5, 0.6) is 17.2 Å². The number of benzene rings is 2. The SMILES string of the molecule is CC(=O)OCC(C)Oc1ccc(Oc2ccc(F)cc2)cc1. The number of halogens is 1. The first-order valence-electron chi connectivity index (χ1n) is 6.86. The fraction of sp³-hybridized carbons (Fsp3) is 0.235. The Labute approximate surface area is 128 Å². The van der Waals surface area contributed by atoms with Crippen LogP contribution in [-0.2, 0) is 9.53 Å². The van der Waals surface area contributed by atoms with Crippen LogP contribution in [0.2, 0.25) is 0 Å². The van der Waals surface area contributed by atoms with Crippen LogP contribution in [0.3, 0.4) is 0 Å². The summed E-state index contributed by atoms with van der Waals surface area (Å²) in [5.41, 5.74) is 0. The minimum Gasteiger partial charge on any atom is -0.487 e. The summed E-state index contributed by atoms with van der Waals surface area (Å²) in [5, 5.41) is 0. The molecule has 0 saturated carbocycles. The quantitative estimate of drug-likeness (QED) is 0.758. The second kappa shape index (κ2) is 7.45. The lowest BCUT2D eigenvalue weighted by Crippen LogP contribution is -2.20. The Kier molecular flexibility index (Phi) is 5.36. The van der Waals surface area contributed by atoms with Gasteiger partial charge in [0.05, 0.1) is 0 Å². The van der Waals surface area contributed by atoms with Gasteiger partial charge in [0.25, 0.3) is 0 Å². The largest absolute Gasteiger partial charge is 0.487 e. The third kappa shape index (κ3) is 5.09. The molecule has 1 atom stereocenters. The minimum atomic E-state index is -0.335. The molecule has 0 fully saturated rings. The highest BCUT2D eigenvalue weighted by atomic mass is 19.1. The molecule has 1 unspecified atom stereocenters. The van der Waals surface area contributed by atoms with E-state index in [9.17, 15) is 9.18 Å². The van der Waals surface area contributed by atoms with Crippen molar-refractivity contribution in [1.29, 1.82) is 0 Å². The highest BCUT2D eigenvalue weighted by Gasteiger charge is 2.06. The van der Waals surface area contributed by atoms with Gasteiger partial charge in [0, 0.05) is 6.92 Å². The maximum absolute atomic E-state index is 12.8. The van der Waals surface area contributed by atoms with Gasteiger partial charge in [-0.1, -0.05) is 0 Å². The number of hydrogen-bond donors (Lipinski definition) is 0. The van der Waals surface area contributed by atoms with Crippen molar-refractivity contribution >= 4 is 5.97 Å². The van der Waals surface area contributed by atoms with Crippen LogP contribution in [-0.4, -0.2) is 18.7 Å². The molecule has 22 heavy (non-hydrogen) atoms. The van der Waals surface area contributed by atoms with Crippen LogP contribution >= 0.6 is 0 Å². The summed E-state index contributed by atoms with van der Waals surface area (Å²) < 4.78 is 28.9. The van der Waals surface area contributed by atoms with Gasteiger partial charge < -0.3 is 14.2 Å². The summed E-state index contributed by atoms with van der Waals surface area (Å²) in [5.74, 6) is 1.17. The zero-order valence-electron chi connectivity index (χ0n) is 12.4. The summed E-state index contributed by atoms with van der Waals surface area (Å²) in [7, 11) is 0. The lowest BCUT2D eigenvalue weighted by molar-refractivity contribution is -0.143. The fourth-order valence-electron chi connectivity index (χ4n) is 1.73. The molecule has 0 spiro atoms. The lowest BCUT2D eigenvalue weighted by atomic mass is 10.3. The lowest BCUT2D eigenvalue weighted by Gasteiger charge is -2.14. The Hall–Kier alpha value is -2.56. The summed E-state index contributed by atoms with van der Waals surface area (Å²) in [4.78, 5) is 10.7. The normalized spacial score (nSPS) is 11.6. The Morgan fingerprint density at radius 2 is 1.50 bits per heavy atom. The molecule has 0 aliphatic carbocycles. The first-order chi connectivity index (χ1) is 10.5. The molecule has 5 heteroatoms. The predicted octanol–water partition coefficient (Wildman–Crippen LogP) is 3.95. The molecule has 0 N–H and O–H groups in total. The average molecular weight is 304 g/mol. The van der Waals surface area contributed by atoms with Crippen molar-refractivity contribution in [3.05, 3.63) is 54.3 Å². The third-order valence-electron chi connectivity index (χ3n) is 2.73. The van der Waals surface area contributed by atoms with Crippen LogP contribution < -0.4 is 9.47 Å². The zero-order valence-corrected chi connectivity index (χ0v) is 12.4. The van der Waals surface area contributed by atoms with Gasteiger partial charge in [-0.3, -0.25) is 4.79 Å². The summed E-state index contributed by atoms with van der Waals surface area (Å²) in [6.07, 6.45) is -0.243. The van der Waals surface area contributed by atoms with Gasteiger partial charge >= 0.3 is 5.97 Å². The predicted molar refractivity (Wildman–Crippen MR) is 79.6 cm³/mol. The Balaban J connectivity index is 1.89. The monoisotopic (exact) mass is 304 g/mol. The third-order valence-corrected chi connectivity index (χ3v) is 2.73. The molecule has 116 valence electrons. The Morgan fingerprint density at radius 3 is 2.05 bits per heavy atom. The number of carbonyl (C=O) groups is 1. The van der Waals surface area contributed by atoms with Gasteiger partial charge in [-0.15, -0.1) is 0 Å². The van der Waals surface area contributed by atoms with Crippen molar-refractivity contribution in [2.75, 3.05) is 6.61 Å². The topological polar surface area (TPSA) is 44.8 Å². The van der Waals surface area contributed by atoms with E-state index >= 15 is 0 Å². The van der Waals surface area contributed by atoms with Crippen molar-refractivity contribution in [2.45, 2.75) is 20.0 Å². The molecular formula is C17H17FO4. The minimum absolute atomic E-state index is 0.198. The molecule has 4 nitrogen and oxygen atoms in total. The molecular weight excluding hydrogens is 287 g/mol. The number of rotatable bonds is 6. The first-order valence-corrected chi connectivity index (χ1v) is 6.86. The van der Waals surface area contributed by atoms with Crippen molar-refractivity contribution < 1.29 is 23.4 Å². The summed E-state index contributed by atoms with van der Waals surface area (Å²) >= 11 is 0. The van der Waals surface area contributed by atoms with Crippen LogP contribution in [0.4, 0.5) is 4.39 Å². The first kappa shape index (κ1) is 15.8. The van der Waals surface area contributed by atoms with E-state index in [2.05, 4.69) is 0 Å². The van der Waals surface area contributed by atoms with E-state index in [-0.39, 0.29) is 24.5 Å². The van der Waals surface area contributed by atoms with E-state index in [1.807, 2.05) is 6.92 Å². The number of ether oxygens (including phenoxy) is 3. The van der Waals surface area contributed by atoms with Gasteiger partial charge in [0.1, 0.15) is 35.8 Å². The van der Waals surface area contributed by atoms with Crippen LogP contribution in [0.15, 0.2) is 48.5 Å². The molecule has 0 aliphatic heterocycles. The van der Waals surface area contributed by atoms with Crippen molar-refractivity contribution in [3.8, 4) is 17.2 Å². The fourth-order valence-corrected chi connectivity index (χ4v) is 1.73. The maximum atomic E-state index is 12.8. The molecule has 0 radical (unpaired) electrons. The standard InChI is InChI=1S/C17H17FO4/c1-12(11-20-13(2)19)21-15-7-9-17(10-8-15)22-16-5-3-14(18)4-6-16/h3-10,12H,11H2,1-2H3. The van der Waals surface area contributed by atoms with Crippen LogP contribution in [0.25, 0.3) is 0 Å².